The third kappa shape index (κ3) is 2.99. The number of hydrogen-bond donors (Lipinski definition) is 1. The Kier molecular flexibility index (Phi) is 5.44. The van der Waals surface area contributed by atoms with Gasteiger partial charge in [-0.05, 0) is 18.1 Å². The van der Waals surface area contributed by atoms with E-state index in [0.717, 1.165) is 21.1 Å². The monoisotopic (exact) mass is 491 g/mol. The van der Waals surface area contributed by atoms with Crippen molar-refractivity contribution < 1.29 is 23.7 Å². The number of halogens is 3. The standard InChI is InChI=1S/C19H20BrCl2NO5/c1-25-4-3-18(17(24)26-2)9-19(27-5-6-28-19)8-10-13-11(20)7-12(21)14(22)15(13)23-16(10)18/h7,23H,3-6,8-9H2,1-2H3. The van der Waals surface area contributed by atoms with Gasteiger partial charge in [-0.3, -0.25) is 4.79 Å². The molecule has 4 rings (SSSR count). The van der Waals surface area contributed by atoms with Gasteiger partial charge in [-0.1, -0.05) is 39.1 Å². The van der Waals surface area contributed by atoms with Gasteiger partial charge in [0, 0.05) is 42.1 Å². The highest BCUT2D eigenvalue weighted by Crippen LogP contribution is 2.52. The number of nitrogens with one attached hydrogen (secondary N) is 1. The van der Waals surface area contributed by atoms with Gasteiger partial charge in [-0.15, -0.1) is 0 Å². The molecule has 0 bridgehead atoms. The second kappa shape index (κ2) is 7.45. The molecule has 1 aromatic heterocycles. The van der Waals surface area contributed by atoms with Crippen LogP contribution < -0.4 is 0 Å². The summed E-state index contributed by atoms with van der Waals surface area (Å²) in [5, 5.41) is 1.69. The number of H-pyrrole nitrogens is 1. The Morgan fingerprint density at radius 2 is 2.04 bits per heavy atom. The van der Waals surface area contributed by atoms with Crippen LogP contribution in [-0.2, 0) is 35.6 Å². The van der Waals surface area contributed by atoms with Crippen molar-refractivity contribution in [3.8, 4) is 0 Å². The van der Waals surface area contributed by atoms with Gasteiger partial charge in [-0.2, -0.15) is 0 Å². The van der Waals surface area contributed by atoms with Gasteiger partial charge in [0.25, 0.3) is 0 Å². The van der Waals surface area contributed by atoms with Crippen molar-refractivity contribution in [2.24, 2.45) is 0 Å². The Bertz CT molecular complexity index is 940. The Balaban J connectivity index is 2.03. The molecule has 1 saturated heterocycles. The molecule has 2 aliphatic rings. The van der Waals surface area contributed by atoms with Crippen molar-refractivity contribution >= 4 is 56.0 Å². The highest BCUT2D eigenvalue weighted by Gasteiger charge is 2.57. The summed E-state index contributed by atoms with van der Waals surface area (Å²) < 4.78 is 23.4. The SMILES string of the molecule is COCCC1(C(=O)OC)CC2(Cc3c1[nH]c1c(Cl)c(Cl)cc(Br)c31)OCCO2. The first-order valence-corrected chi connectivity index (χ1v) is 10.5. The van der Waals surface area contributed by atoms with Crippen LogP contribution in [0, 0.1) is 0 Å². The largest absolute Gasteiger partial charge is 0.468 e. The summed E-state index contributed by atoms with van der Waals surface area (Å²) >= 11 is 16.4. The fourth-order valence-corrected chi connectivity index (χ4v) is 5.66. The van der Waals surface area contributed by atoms with Gasteiger partial charge in [0.2, 0.25) is 0 Å². The number of ether oxygens (including phenoxy) is 4. The smallest absolute Gasteiger partial charge is 0.318 e. The summed E-state index contributed by atoms with van der Waals surface area (Å²) in [6, 6.07) is 1.76. The molecule has 1 aliphatic carbocycles. The quantitative estimate of drug-likeness (QED) is 0.506. The van der Waals surface area contributed by atoms with E-state index in [2.05, 4.69) is 20.9 Å². The van der Waals surface area contributed by atoms with Crippen molar-refractivity contribution in [1.29, 1.82) is 0 Å². The number of hydrogen-bond acceptors (Lipinski definition) is 5. The van der Waals surface area contributed by atoms with Crippen molar-refractivity contribution in [2.75, 3.05) is 34.0 Å². The van der Waals surface area contributed by atoms with E-state index in [1.54, 1.807) is 13.2 Å². The van der Waals surface area contributed by atoms with E-state index in [1.807, 2.05) is 0 Å². The fraction of sp³-hybridized carbons (Fsp3) is 0.526. The summed E-state index contributed by atoms with van der Waals surface area (Å²) in [6.45, 7) is 1.33. The first kappa shape index (κ1) is 20.4. The van der Waals surface area contributed by atoms with Crippen LogP contribution in [0.5, 0.6) is 0 Å². The molecule has 9 heteroatoms. The normalized spacial score (nSPS) is 23.3. The molecule has 2 aromatic rings. The number of esters is 1. The van der Waals surface area contributed by atoms with E-state index in [1.165, 1.54) is 7.11 Å². The first-order chi connectivity index (χ1) is 13.4. The van der Waals surface area contributed by atoms with Crippen LogP contribution >= 0.6 is 39.1 Å². The zero-order valence-electron chi connectivity index (χ0n) is 15.5. The Hall–Kier alpha value is -0.830. The van der Waals surface area contributed by atoms with Gasteiger partial charge >= 0.3 is 5.97 Å². The van der Waals surface area contributed by atoms with Crippen LogP contribution in [0.1, 0.15) is 24.1 Å². The molecule has 0 radical (unpaired) electrons. The van der Waals surface area contributed by atoms with E-state index in [9.17, 15) is 4.79 Å². The van der Waals surface area contributed by atoms with Gasteiger partial charge in [0.05, 0.1) is 35.9 Å². The molecule has 2 heterocycles. The number of benzene rings is 1. The summed E-state index contributed by atoms with van der Waals surface area (Å²) in [5.41, 5.74) is 1.32. The Labute approximate surface area is 180 Å². The number of rotatable bonds is 4. The molecule has 0 saturated carbocycles. The van der Waals surface area contributed by atoms with Crippen molar-refractivity contribution in [2.45, 2.75) is 30.5 Å². The molecule has 28 heavy (non-hydrogen) atoms. The molecule has 1 atom stereocenters. The van der Waals surface area contributed by atoms with Crippen LogP contribution in [0.4, 0.5) is 0 Å². The zero-order valence-corrected chi connectivity index (χ0v) is 18.6. The molecule has 1 fully saturated rings. The average molecular weight is 493 g/mol. The van der Waals surface area contributed by atoms with Gasteiger partial charge < -0.3 is 23.9 Å². The number of methoxy groups -OCH3 is 2. The molecule has 1 aliphatic heterocycles. The summed E-state index contributed by atoms with van der Waals surface area (Å²) in [4.78, 5) is 16.5. The third-order valence-corrected chi connectivity index (χ3v) is 7.06. The highest BCUT2D eigenvalue weighted by molar-refractivity contribution is 9.10. The summed E-state index contributed by atoms with van der Waals surface area (Å²) in [6.07, 6.45) is 1.23. The van der Waals surface area contributed by atoms with Crippen molar-refractivity contribution in [1.82, 2.24) is 4.98 Å². The van der Waals surface area contributed by atoms with Crippen molar-refractivity contribution in [3.63, 3.8) is 0 Å². The lowest BCUT2D eigenvalue weighted by Crippen LogP contribution is -2.52. The topological polar surface area (TPSA) is 69.8 Å². The average Bonchev–Trinajstić information content (AvgIpc) is 3.29. The number of fused-ring (bicyclic) bond motifs is 3. The van der Waals surface area contributed by atoms with E-state index >= 15 is 0 Å². The highest BCUT2D eigenvalue weighted by atomic mass is 79.9. The number of aromatic amines is 1. The Morgan fingerprint density at radius 1 is 1.32 bits per heavy atom. The van der Waals surface area contributed by atoms with Gasteiger partial charge in [-0.25, -0.2) is 0 Å². The summed E-state index contributed by atoms with van der Waals surface area (Å²) in [5.74, 6) is -1.26. The minimum Gasteiger partial charge on any atom is -0.468 e. The number of carbonyl (C=O) groups is 1. The predicted octanol–water partition coefficient (Wildman–Crippen LogP) is 4.37. The van der Waals surface area contributed by atoms with Gasteiger partial charge in [0.1, 0.15) is 5.41 Å². The maximum absolute atomic E-state index is 13.1. The van der Waals surface area contributed by atoms with E-state index in [4.69, 9.17) is 42.1 Å². The lowest BCUT2D eigenvalue weighted by molar-refractivity contribution is -0.189. The third-order valence-electron chi connectivity index (χ3n) is 5.64. The zero-order chi connectivity index (χ0) is 20.1. The molecule has 0 amide bonds. The molecule has 6 nitrogen and oxygen atoms in total. The van der Waals surface area contributed by atoms with Crippen LogP contribution in [0.3, 0.4) is 0 Å². The van der Waals surface area contributed by atoms with E-state index in [0.29, 0.717) is 54.6 Å². The fourth-order valence-electron chi connectivity index (χ4n) is 4.46. The van der Waals surface area contributed by atoms with E-state index < -0.39 is 11.2 Å². The van der Waals surface area contributed by atoms with Crippen molar-refractivity contribution in [3.05, 3.63) is 31.8 Å². The molecular formula is C19H20BrCl2NO5. The molecule has 1 spiro atoms. The number of carbonyl (C=O) groups excluding carboxylic acids is 1. The molecular weight excluding hydrogens is 473 g/mol. The second-order valence-electron chi connectivity index (χ2n) is 7.16. The second-order valence-corrected chi connectivity index (χ2v) is 8.80. The molecule has 152 valence electrons. The lowest BCUT2D eigenvalue weighted by Gasteiger charge is -2.42. The van der Waals surface area contributed by atoms with Crippen LogP contribution in [0.2, 0.25) is 10.0 Å². The lowest BCUT2D eigenvalue weighted by atomic mass is 9.68. The van der Waals surface area contributed by atoms with Crippen LogP contribution in [0.25, 0.3) is 10.9 Å². The molecule has 1 aromatic carbocycles. The van der Waals surface area contributed by atoms with Crippen LogP contribution in [-0.4, -0.2) is 50.8 Å². The molecule has 1 unspecified atom stereocenters. The predicted molar refractivity (Wildman–Crippen MR) is 109 cm³/mol. The minimum atomic E-state index is -1.02. The van der Waals surface area contributed by atoms with Crippen LogP contribution in [0.15, 0.2) is 10.5 Å². The molecule has 1 N–H and O–H groups in total. The summed E-state index contributed by atoms with van der Waals surface area (Å²) in [7, 11) is 2.99. The Morgan fingerprint density at radius 3 is 2.68 bits per heavy atom. The number of aromatic nitrogens is 1. The van der Waals surface area contributed by atoms with E-state index in [-0.39, 0.29) is 5.97 Å². The maximum Gasteiger partial charge on any atom is 0.318 e. The first-order valence-electron chi connectivity index (χ1n) is 8.91. The van der Waals surface area contributed by atoms with Gasteiger partial charge in [0.15, 0.2) is 5.79 Å². The minimum absolute atomic E-state index is 0.332. The maximum atomic E-state index is 13.1.